The molecule has 0 saturated heterocycles. The Morgan fingerprint density at radius 3 is 2.18 bits per heavy atom. The first-order valence-corrected chi connectivity index (χ1v) is 13.3. The highest BCUT2D eigenvalue weighted by molar-refractivity contribution is 5.95. The van der Waals surface area contributed by atoms with Crippen molar-refractivity contribution in [2.75, 3.05) is 13.2 Å². The molecule has 216 valence electrons. The van der Waals surface area contributed by atoms with E-state index in [0.717, 1.165) is 17.5 Å². The minimum Gasteiger partial charge on any atom is -0.466 e. The van der Waals surface area contributed by atoms with Crippen LogP contribution in [0.1, 0.15) is 82.5 Å². The molecule has 4 amide bonds. The fourth-order valence-corrected chi connectivity index (χ4v) is 4.44. The highest BCUT2D eigenvalue weighted by atomic mass is 16.6. The quantitative estimate of drug-likeness (QED) is 0.340. The van der Waals surface area contributed by atoms with Crippen molar-refractivity contribution >= 4 is 29.8 Å². The third-order valence-corrected chi connectivity index (χ3v) is 6.14. The van der Waals surface area contributed by atoms with Gasteiger partial charge in [-0.25, -0.2) is 4.79 Å². The Morgan fingerprint density at radius 2 is 1.69 bits per heavy atom. The van der Waals surface area contributed by atoms with E-state index in [4.69, 9.17) is 15.2 Å². The molecule has 2 unspecified atom stereocenters. The van der Waals surface area contributed by atoms with Crippen molar-refractivity contribution < 1.29 is 33.4 Å². The molecule has 0 radical (unpaired) electrons. The van der Waals surface area contributed by atoms with Gasteiger partial charge in [-0.1, -0.05) is 29.3 Å². The van der Waals surface area contributed by atoms with Gasteiger partial charge in [-0.15, -0.1) is 0 Å². The number of nitrogens with one attached hydrogen (secondary N) is 2. The first kappa shape index (κ1) is 31.6. The molecule has 1 aromatic rings. The summed E-state index contributed by atoms with van der Waals surface area (Å²) >= 11 is 0. The number of aryl methyl sites for hydroxylation is 2. The Kier molecular flexibility index (Phi) is 11.3. The van der Waals surface area contributed by atoms with E-state index in [9.17, 15) is 24.0 Å². The molecule has 2 atom stereocenters. The first-order valence-electron chi connectivity index (χ1n) is 13.3. The maximum absolute atomic E-state index is 14.1. The van der Waals surface area contributed by atoms with Gasteiger partial charge in [0.15, 0.2) is 0 Å². The van der Waals surface area contributed by atoms with Crippen LogP contribution >= 0.6 is 0 Å². The van der Waals surface area contributed by atoms with E-state index < -0.39 is 53.9 Å². The van der Waals surface area contributed by atoms with Crippen LogP contribution in [-0.4, -0.2) is 65.5 Å². The van der Waals surface area contributed by atoms with Gasteiger partial charge in [0.05, 0.1) is 19.4 Å². The fraction of sp³-hybridized carbons (Fsp3) is 0.607. The lowest BCUT2D eigenvalue weighted by Gasteiger charge is -2.43. The molecule has 0 spiro atoms. The summed E-state index contributed by atoms with van der Waals surface area (Å²) in [5.74, 6) is -2.34. The molecule has 39 heavy (non-hydrogen) atoms. The third-order valence-electron chi connectivity index (χ3n) is 6.14. The molecule has 4 N–H and O–H groups in total. The summed E-state index contributed by atoms with van der Waals surface area (Å²) in [6.45, 7) is 10.8. The SMILES string of the molecule is CCOC(=O)CCNC(=O)C(c1cc(C)cc(C)c1)N(C(=O)C(CC(N)=O)NC(=O)OC(C)(C)C)C1CCC1. The van der Waals surface area contributed by atoms with Crippen LogP contribution in [0.25, 0.3) is 0 Å². The minimum absolute atomic E-state index is 0.0204. The van der Waals surface area contributed by atoms with Crippen molar-refractivity contribution in [3.8, 4) is 0 Å². The predicted octanol–water partition coefficient (Wildman–Crippen LogP) is 2.56. The van der Waals surface area contributed by atoms with E-state index in [2.05, 4.69) is 10.6 Å². The lowest BCUT2D eigenvalue weighted by atomic mass is 9.87. The minimum atomic E-state index is -1.33. The Labute approximate surface area is 230 Å². The van der Waals surface area contributed by atoms with Gasteiger partial charge in [0, 0.05) is 12.6 Å². The lowest BCUT2D eigenvalue weighted by molar-refractivity contribution is -0.148. The van der Waals surface area contributed by atoms with Gasteiger partial charge in [-0.2, -0.15) is 0 Å². The van der Waals surface area contributed by atoms with Crippen LogP contribution in [0.15, 0.2) is 18.2 Å². The summed E-state index contributed by atoms with van der Waals surface area (Å²) in [6.07, 6.45) is 0.792. The van der Waals surface area contributed by atoms with Gasteiger partial charge in [-0.05, 0) is 66.4 Å². The standard InChI is InChI=1S/C28H42N4O7/c1-7-38-23(34)11-12-30-25(35)24(19-14-17(2)13-18(3)15-19)32(20-9-8-10-20)26(36)21(16-22(29)33)31-27(37)39-28(4,5)6/h13-15,20-21,24H,7-12,16H2,1-6H3,(H2,29,33)(H,30,35)(H,31,37). The van der Waals surface area contributed by atoms with Crippen LogP contribution in [0.5, 0.6) is 0 Å². The summed E-state index contributed by atoms with van der Waals surface area (Å²) in [5, 5.41) is 5.24. The second-order valence-corrected chi connectivity index (χ2v) is 10.9. The Morgan fingerprint density at radius 1 is 1.08 bits per heavy atom. The van der Waals surface area contributed by atoms with Crippen molar-refractivity contribution in [2.24, 2.45) is 5.73 Å². The molecule has 1 aliphatic carbocycles. The zero-order valence-electron chi connectivity index (χ0n) is 23.8. The van der Waals surface area contributed by atoms with Crippen LogP contribution in [0.2, 0.25) is 0 Å². The van der Waals surface area contributed by atoms with Crippen LogP contribution in [-0.2, 0) is 28.7 Å². The number of esters is 1. The van der Waals surface area contributed by atoms with Crippen LogP contribution in [0.3, 0.4) is 0 Å². The molecule has 0 aromatic heterocycles. The monoisotopic (exact) mass is 546 g/mol. The molecule has 1 aliphatic rings. The summed E-state index contributed by atoms with van der Waals surface area (Å²) in [5.41, 5.74) is 6.98. The topological polar surface area (TPSA) is 157 Å². The molecule has 1 fully saturated rings. The molecule has 11 heteroatoms. The lowest BCUT2D eigenvalue weighted by Crippen LogP contribution is -2.58. The molecule has 0 bridgehead atoms. The molecular formula is C28H42N4O7. The van der Waals surface area contributed by atoms with Gasteiger partial charge in [0.25, 0.3) is 0 Å². The number of nitrogens with zero attached hydrogens (tertiary/aromatic N) is 1. The number of nitrogens with two attached hydrogens (primary N) is 1. The zero-order valence-corrected chi connectivity index (χ0v) is 23.8. The Hall–Kier alpha value is -3.63. The molecule has 1 saturated carbocycles. The molecule has 1 aromatic carbocycles. The summed E-state index contributed by atoms with van der Waals surface area (Å²) in [4.78, 5) is 65.5. The summed E-state index contributed by atoms with van der Waals surface area (Å²) in [6, 6.07) is 2.90. The number of benzene rings is 1. The molecule has 11 nitrogen and oxygen atoms in total. The fourth-order valence-electron chi connectivity index (χ4n) is 4.44. The number of amides is 4. The van der Waals surface area contributed by atoms with Crippen LogP contribution < -0.4 is 16.4 Å². The van der Waals surface area contributed by atoms with Crippen molar-refractivity contribution in [3.63, 3.8) is 0 Å². The first-order chi connectivity index (χ1) is 18.2. The molecule has 2 rings (SSSR count). The maximum atomic E-state index is 14.1. The normalized spacial score (nSPS) is 14.8. The number of alkyl carbamates (subject to hydrolysis) is 1. The number of rotatable bonds is 12. The van der Waals surface area contributed by atoms with Gasteiger partial charge in [0.2, 0.25) is 17.7 Å². The van der Waals surface area contributed by atoms with E-state index in [-0.39, 0.29) is 25.6 Å². The largest absolute Gasteiger partial charge is 0.466 e. The van der Waals surface area contributed by atoms with E-state index in [1.165, 1.54) is 4.90 Å². The molecular weight excluding hydrogens is 504 g/mol. The van der Waals surface area contributed by atoms with Crippen molar-refractivity contribution in [1.29, 1.82) is 0 Å². The van der Waals surface area contributed by atoms with Gasteiger partial charge in [0.1, 0.15) is 17.7 Å². The number of carbonyl (C=O) groups excluding carboxylic acids is 5. The van der Waals surface area contributed by atoms with E-state index in [0.29, 0.717) is 18.4 Å². The molecule has 0 aliphatic heterocycles. The number of ether oxygens (including phenoxy) is 2. The second kappa shape index (κ2) is 14.0. The summed E-state index contributed by atoms with van der Waals surface area (Å²) in [7, 11) is 0. The predicted molar refractivity (Wildman–Crippen MR) is 144 cm³/mol. The highest BCUT2D eigenvalue weighted by Gasteiger charge is 2.42. The van der Waals surface area contributed by atoms with Crippen molar-refractivity contribution in [2.45, 2.75) is 97.4 Å². The van der Waals surface area contributed by atoms with Crippen LogP contribution in [0.4, 0.5) is 4.79 Å². The number of hydrogen-bond acceptors (Lipinski definition) is 7. The Balaban J connectivity index is 2.47. The van der Waals surface area contributed by atoms with E-state index in [1.54, 1.807) is 27.7 Å². The van der Waals surface area contributed by atoms with Gasteiger partial charge >= 0.3 is 12.1 Å². The van der Waals surface area contributed by atoms with Crippen molar-refractivity contribution in [1.82, 2.24) is 15.5 Å². The number of primary amides is 1. The van der Waals surface area contributed by atoms with Crippen molar-refractivity contribution in [3.05, 3.63) is 34.9 Å². The Bertz CT molecular complexity index is 1040. The van der Waals surface area contributed by atoms with Gasteiger partial charge < -0.3 is 30.7 Å². The maximum Gasteiger partial charge on any atom is 0.408 e. The summed E-state index contributed by atoms with van der Waals surface area (Å²) < 4.78 is 10.2. The third kappa shape index (κ3) is 9.88. The number of hydrogen-bond donors (Lipinski definition) is 3. The smallest absolute Gasteiger partial charge is 0.408 e. The zero-order chi connectivity index (χ0) is 29.3. The number of carbonyl (C=O) groups is 5. The molecule has 0 heterocycles. The van der Waals surface area contributed by atoms with Crippen LogP contribution in [0, 0.1) is 13.8 Å². The highest BCUT2D eigenvalue weighted by Crippen LogP contribution is 2.34. The van der Waals surface area contributed by atoms with E-state index >= 15 is 0 Å². The second-order valence-electron chi connectivity index (χ2n) is 10.9. The van der Waals surface area contributed by atoms with E-state index in [1.807, 2.05) is 32.0 Å². The van der Waals surface area contributed by atoms with Gasteiger partial charge in [-0.3, -0.25) is 19.2 Å². The average Bonchev–Trinajstić information content (AvgIpc) is 2.74. The average molecular weight is 547 g/mol.